The van der Waals surface area contributed by atoms with Gasteiger partial charge in [0.05, 0.1) is 13.7 Å². The Morgan fingerprint density at radius 1 is 1.46 bits per heavy atom. The first kappa shape index (κ1) is 10.5. The van der Waals surface area contributed by atoms with Crippen molar-refractivity contribution in [1.82, 2.24) is 0 Å². The Kier molecular flexibility index (Phi) is 3.71. The van der Waals surface area contributed by atoms with Gasteiger partial charge in [-0.25, -0.2) is 5.90 Å². The zero-order chi connectivity index (χ0) is 9.84. The van der Waals surface area contributed by atoms with Crippen LogP contribution < -0.4 is 10.6 Å². The van der Waals surface area contributed by atoms with Gasteiger partial charge in [-0.15, -0.1) is 0 Å². The molecule has 0 aliphatic carbocycles. The summed E-state index contributed by atoms with van der Waals surface area (Å²) in [6.07, 6.45) is 0. The van der Waals surface area contributed by atoms with Gasteiger partial charge in [0.2, 0.25) is 0 Å². The largest absolute Gasteiger partial charge is 0.497 e. The molecule has 0 aromatic heterocycles. The molecule has 3 nitrogen and oxygen atoms in total. The van der Waals surface area contributed by atoms with Gasteiger partial charge in [0.25, 0.3) is 0 Å². The minimum atomic E-state index is 0.374. The predicted molar refractivity (Wildman–Crippen MR) is 54.4 cm³/mol. The van der Waals surface area contributed by atoms with Crippen LogP contribution in [0.2, 0.25) is 0 Å². The summed E-state index contributed by atoms with van der Waals surface area (Å²) in [4.78, 5) is 4.58. The Balaban J connectivity index is 3.09. The quantitative estimate of drug-likeness (QED) is 0.831. The first-order valence-electron chi connectivity index (χ1n) is 3.83. The first-order chi connectivity index (χ1) is 6.19. The number of ether oxygens (including phenoxy) is 1. The lowest BCUT2D eigenvalue weighted by atomic mass is 10.1. The zero-order valence-corrected chi connectivity index (χ0v) is 9.22. The third-order valence-electron chi connectivity index (χ3n) is 1.78. The van der Waals surface area contributed by atoms with Crippen LogP contribution in [0.4, 0.5) is 0 Å². The summed E-state index contributed by atoms with van der Waals surface area (Å²) in [7, 11) is 1.63. The van der Waals surface area contributed by atoms with Crippen LogP contribution in [0.5, 0.6) is 5.75 Å². The van der Waals surface area contributed by atoms with E-state index in [0.717, 1.165) is 21.3 Å². The van der Waals surface area contributed by atoms with Gasteiger partial charge in [0.1, 0.15) is 5.75 Å². The molecule has 0 aliphatic rings. The highest BCUT2D eigenvalue weighted by atomic mass is 79.9. The van der Waals surface area contributed by atoms with E-state index >= 15 is 0 Å². The van der Waals surface area contributed by atoms with Gasteiger partial charge in [-0.1, -0.05) is 15.9 Å². The highest BCUT2D eigenvalue weighted by Gasteiger charge is 2.05. The lowest BCUT2D eigenvalue weighted by Gasteiger charge is -2.08. The van der Waals surface area contributed by atoms with E-state index in [1.807, 2.05) is 19.1 Å². The molecule has 0 spiro atoms. The minimum absolute atomic E-state index is 0.374. The van der Waals surface area contributed by atoms with E-state index in [9.17, 15) is 0 Å². The van der Waals surface area contributed by atoms with Crippen LogP contribution >= 0.6 is 15.9 Å². The van der Waals surface area contributed by atoms with Crippen molar-refractivity contribution in [3.63, 3.8) is 0 Å². The van der Waals surface area contributed by atoms with Crippen LogP contribution in [0.15, 0.2) is 16.6 Å². The Hall–Kier alpha value is -0.580. The Bertz CT molecular complexity index is 302. The molecule has 0 atom stereocenters. The van der Waals surface area contributed by atoms with Gasteiger partial charge in [-0.05, 0) is 30.2 Å². The molecule has 1 aromatic rings. The third kappa shape index (κ3) is 2.43. The number of hydrogen-bond donors (Lipinski definition) is 1. The van der Waals surface area contributed by atoms with Crippen molar-refractivity contribution in [2.24, 2.45) is 5.90 Å². The molecule has 0 fully saturated rings. The highest BCUT2D eigenvalue weighted by molar-refractivity contribution is 9.10. The number of rotatable bonds is 3. The summed E-state index contributed by atoms with van der Waals surface area (Å²) in [5.41, 5.74) is 2.09. The van der Waals surface area contributed by atoms with Crippen LogP contribution in [0.25, 0.3) is 0 Å². The second-order valence-electron chi connectivity index (χ2n) is 2.73. The van der Waals surface area contributed by atoms with Gasteiger partial charge in [-0.2, -0.15) is 0 Å². The molecule has 4 heteroatoms. The fourth-order valence-electron chi connectivity index (χ4n) is 1.12. The molecule has 2 N–H and O–H groups in total. The average molecular weight is 246 g/mol. The van der Waals surface area contributed by atoms with Gasteiger partial charge < -0.3 is 4.74 Å². The molecule has 0 saturated heterocycles. The standard InChI is InChI=1S/C9H12BrNO2/c1-6-3-8(12-2)4-7(5-13-11)9(6)10/h3-4H,5,11H2,1-2H3. The van der Waals surface area contributed by atoms with E-state index in [1.54, 1.807) is 7.11 Å². The Labute approximate surface area is 85.9 Å². The highest BCUT2D eigenvalue weighted by Crippen LogP contribution is 2.27. The molecular weight excluding hydrogens is 234 g/mol. The molecule has 0 saturated carbocycles. The molecule has 72 valence electrons. The summed E-state index contributed by atoms with van der Waals surface area (Å²) in [6, 6.07) is 3.84. The average Bonchev–Trinajstić information content (AvgIpc) is 2.13. The molecule has 0 unspecified atom stereocenters. The summed E-state index contributed by atoms with van der Waals surface area (Å²) < 4.78 is 6.13. The van der Waals surface area contributed by atoms with Gasteiger partial charge >= 0.3 is 0 Å². The molecule has 1 aromatic carbocycles. The van der Waals surface area contributed by atoms with Crippen LogP contribution in [0.3, 0.4) is 0 Å². The van der Waals surface area contributed by atoms with Crippen LogP contribution in [-0.2, 0) is 11.4 Å². The number of nitrogens with two attached hydrogens (primary N) is 1. The second-order valence-corrected chi connectivity index (χ2v) is 3.52. The Morgan fingerprint density at radius 2 is 2.15 bits per heavy atom. The van der Waals surface area contributed by atoms with Crippen LogP contribution in [-0.4, -0.2) is 7.11 Å². The van der Waals surface area contributed by atoms with E-state index < -0.39 is 0 Å². The SMILES string of the molecule is COc1cc(C)c(Br)c(CON)c1. The predicted octanol–water partition coefficient (Wildman–Crippen LogP) is 2.16. The first-order valence-corrected chi connectivity index (χ1v) is 4.63. The molecule has 0 radical (unpaired) electrons. The van der Waals surface area contributed by atoms with Gasteiger partial charge in [-0.3, -0.25) is 4.84 Å². The zero-order valence-electron chi connectivity index (χ0n) is 7.63. The third-order valence-corrected chi connectivity index (χ3v) is 2.91. The van der Waals surface area contributed by atoms with E-state index in [2.05, 4.69) is 20.8 Å². The van der Waals surface area contributed by atoms with Gasteiger partial charge in [0.15, 0.2) is 0 Å². The lowest BCUT2D eigenvalue weighted by Crippen LogP contribution is -2.01. The van der Waals surface area contributed by atoms with Crippen molar-refractivity contribution in [2.45, 2.75) is 13.5 Å². The smallest absolute Gasteiger partial charge is 0.119 e. The number of halogens is 1. The maximum atomic E-state index is 5.12. The van der Waals surface area contributed by atoms with E-state index in [0.29, 0.717) is 6.61 Å². The fraction of sp³-hybridized carbons (Fsp3) is 0.333. The van der Waals surface area contributed by atoms with E-state index in [1.165, 1.54) is 0 Å². The topological polar surface area (TPSA) is 44.5 Å². The van der Waals surface area contributed by atoms with Crippen molar-refractivity contribution < 1.29 is 9.57 Å². The lowest BCUT2D eigenvalue weighted by molar-refractivity contribution is 0.123. The molecule has 0 aliphatic heterocycles. The maximum absolute atomic E-state index is 5.12. The minimum Gasteiger partial charge on any atom is -0.497 e. The van der Waals surface area contributed by atoms with Crippen LogP contribution in [0.1, 0.15) is 11.1 Å². The summed E-state index contributed by atoms with van der Waals surface area (Å²) in [5.74, 6) is 5.82. The second kappa shape index (κ2) is 4.60. The van der Waals surface area contributed by atoms with Crippen molar-refractivity contribution >= 4 is 15.9 Å². The molecule has 1 rings (SSSR count). The summed E-state index contributed by atoms with van der Waals surface area (Å²) in [6.45, 7) is 2.37. The van der Waals surface area contributed by atoms with E-state index in [4.69, 9.17) is 10.6 Å². The Morgan fingerprint density at radius 3 is 2.69 bits per heavy atom. The van der Waals surface area contributed by atoms with Crippen molar-refractivity contribution in [3.05, 3.63) is 27.7 Å². The molecule has 13 heavy (non-hydrogen) atoms. The fourth-order valence-corrected chi connectivity index (χ4v) is 1.46. The number of hydrogen-bond acceptors (Lipinski definition) is 3. The number of aryl methyl sites for hydroxylation is 1. The molecule has 0 bridgehead atoms. The molecule has 0 heterocycles. The monoisotopic (exact) mass is 245 g/mol. The number of benzene rings is 1. The summed E-state index contributed by atoms with van der Waals surface area (Å²) >= 11 is 3.45. The van der Waals surface area contributed by atoms with Crippen molar-refractivity contribution in [1.29, 1.82) is 0 Å². The van der Waals surface area contributed by atoms with Crippen LogP contribution in [0, 0.1) is 6.92 Å². The normalized spacial score (nSPS) is 10.2. The number of methoxy groups -OCH3 is 1. The summed E-state index contributed by atoms with van der Waals surface area (Å²) in [5, 5.41) is 0. The van der Waals surface area contributed by atoms with E-state index in [-0.39, 0.29) is 0 Å². The maximum Gasteiger partial charge on any atom is 0.119 e. The van der Waals surface area contributed by atoms with Crippen molar-refractivity contribution in [3.8, 4) is 5.75 Å². The molecular formula is C9H12BrNO2. The molecule has 0 amide bonds. The van der Waals surface area contributed by atoms with Crippen molar-refractivity contribution in [2.75, 3.05) is 7.11 Å². The van der Waals surface area contributed by atoms with Gasteiger partial charge in [0, 0.05) is 4.47 Å².